The zero-order valence-electron chi connectivity index (χ0n) is 19.1. The molecular weight excluding hydrogens is 465 g/mol. The molecule has 0 radical (unpaired) electrons. The monoisotopic (exact) mass is 488 g/mol. The average Bonchev–Trinajstić information content (AvgIpc) is 3.37. The highest BCUT2D eigenvalue weighted by atomic mass is 19.4. The van der Waals surface area contributed by atoms with Gasteiger partial charge in [-0.2, -0.15) is 13.2 Å². The summed E-state index contributed by atoms with van der Waals surface area (Å²) in [5.74, 6) is 0.537. The predicted octanol–water partition coefficient (Wildman–Crippen LogP) is 4.58. The first-order chi connectivity index (χ1) is 16.7. The van der Waals surface area contributed by atoms with Gasteiger partial charge < -0.3 is 23.7 Å². The number of halogens is 3. The molecule has 0 aliphatic carbocycles. The first-order valence-corrected chi connectivity index (χ1v) is 10.8. The van der Waals surface area contributed by atoms with Crippen LogP contribution in [0.15, 0.2) is 59.0 Å². The largest absolute Gasteiger partial charge is 0.497 e. The van der Waals surface area contributed by atoms with Gasteiger partial charge in [0.1, 0.15) is 17.3 Å². The number of rotatable bonds is 5. The fraction of sp³-hybridized carbons (Fsp3) is 0.280. The molecular formula is C25H23F3N2O5. The molecule has 1 aliphatic rings. The summed E-state index contributed by atoms with van der Waals surface area (Å²) in [5, 5.41) is 0. The normalized spacial score (nSPS) is 14.1. The van der Waals surface area contributed by atoms with Crippen LogP contribution >= 0.6 is 0 Å². The van der Waals surface area contributed by atoms with Crippen LogP contribution in [0.25, 0.3) is 11.3 Å². The highest BCUT2D eigenvalue weighted by Crippen LogP contribution is 2.33. The number of methoxy groups -OCH3 is 2. The van der Waals surface area contributed by atoms with E-state index in [9.17, 15) is 22.8 Å². The molecule has 4 rings (SSSR count). The lowest BCUT2D eigenvalue weighted by atomic mass is 10.1. The molecule has 0 N–H and O–H groups in total. The average molecular weight is 488 g/mol. The fourth-order valence-electron chi connectivity index (χ4n) is 3.87. The molecule has 0 spiro atoms. The Balaban J connectivity index is 1.41. The molecule has 184 valence electrons. The first-order valence-electron chi connectivity index (χ1n) is 10.8. The number of benzene rings is 2. The van der Waals surface area contributed by atoms with Crippen LogP contribution in [0.2, 0.25) is 0 Å². The number of nitrogens with zero attached hydrogens (tertiary/aromatic N) is 2. The number of carbonyl (C=O) groups excluding carboxylic acids is 2. The molecule has 1 saturated heterocycles. The van der Waals surface area contributed by atoms with Gasteiger partial charge in [0.25, 0.3) is 11.8 Å². The van der Waals surface area contributed by atoms with E-state index >= 15 is 0 Å². The van der Waals surface area contributed by atoms with Crippen LogP contribution in [-0.2, 0) is 6.18 Å². The van der Waals surface area contributed by atoms with Crippen molar-refractivity contribution in [2.75, 3.05) is 40.4 Å². The van der Waals surface area contributed by atoms with Crippen LogP contribution in [0.1, 0.15) is 26.5 Å². The van der Waals surface area contributed by atoms with E-state index < -0.39 is 17.6 Å². The zero-order valence-corrected chi connectivity index (χ0v) is 19.1. The second kappa shape index (κ2) is 9.73. The summed E-state index contributed by atoms with van der Waals surface area (Å²) in [7, 11) is 2.99. The van der Waals surface area contributed by atoms with Gasteiger partial charge in [-0.3, -0.25) is 9.59 Å². The number of amides is 2. The summed E-state index contributed by atoms with van der Waals surface area (Å²) >= 11 is 0. The number of alkyl halides is 3. The molecule has 3 aromatic rings. The number of hydrogen-bond acceptors (Lipinski definition) is 5. The maximum absolute atomic E-state index is 13.0. The van der Waals surface area contributed by atoms with Crippen molar-refractivity contribution >= 4 is 11.8 Å². The summed E-state index contributed by atoms with van der Waals surface area (Å²) in [4.78, 5) is 29.1. The zero-order chi connectivity index (χ0) is 25.2. The van der Waals surface area contributed by atoms with Crippen LogP contribution in [0.4, 0.5) is 13.2 Å². The van der Waals surface area contributed by atoms with Crippen molar-refractivity contribution in [3.05, 3.63) is 71.5 Å². The van der Waals surface area contributed by atoms with Gasteiger partial charge in [0.2, 0.25) is 0 Å². The minimum absolute atomic E-state index is 0.0222. The Bertz CT molecular complexity index is 1230. The second-order valence-electron chi connectivity index (χ2n) is 7.89. The quantitative estimate of drug-likeness (QED) is 0.526. The van der Waals surface area contributed by atoms with Gasteiger partial charge in [-0.25, -0.2) is 0 Å². The van der Waals surface area contributed by atoms with E-state index in [1.807, 2.05) is 0 Å². The lowest BCUT2D eigenvalue weighted by Crippen LogP contribution is -2.50. The van der Waals surface area contributed by atoms with E-state index in [4.69, 9.17) is 13.9 Å². The highest BCUT2D eigenvalue weighted by molar-refractivity contribution is 5.97. The van der Waals surface area contributed by atoms with Gasteiger partial charge in [0, 0.05) is 37.8 Å². The Morgan fingerprint density at radius 3 is 2.17 bits per heavy atom. The number of hydrogen-bond donors (Lipinski definition) is 0. The molecule has 1 fully saturated rings. The third-order valence-electron chi connectivity index (χ3n) is 5.78. The SMILES string of the molecule is COc1ccc(C(=O)N2CCN(C(=O)c3ccc(-c4cccc(C(F)(F)F)c4)o3)CC2)c(OC)c1. The van der Waals surface area contributed by atoms with Crippen molar-refractivity contribution in [1.29, 1.82) is 0 Å². The number of piperazine rings is 1. The number of carbonyl (C=O) groups is 2. The van der Waals surface area contributed by atoms with Crippen molar-refractivity contribution in [2.45, 2.75) is 6.18 Å². The Morgan fingerprint density at radius 1 is 0.857 bits per heavy atom. The summed E-state index contributed by atoms with van der Waals surface area (Å²) in [6, 6.07) is 12.6. The third kappa shape index (κ3) is 5.11. The minimum Gasteiger partial charge on any atom is -0.497 e. The topological polar surface area (TPSA) is 72.2 Å². The molecule has 0 saturated carbocycles. The minimum atomic E-state index is -4.48. The Kier molecular flexibility index (Phi) is 6.72. The fourth-order valence-corrected chi connectivity index (χ4v) is 3.87. The molecule has 0 bridgehead atoms. The van der Waals surface area contributed by atoms with Crippen LogP contribution in [0.3, 0.4) is 0 Å². The lowest BCUT2D eigenvalue weighted by molar-refractivity contribution is -0.137. The molecule has 0 atom stereocenters. The van der Waals surface area contributed by atoms with Gasteiger partial charge in [-0.15, -0.1) is 0 Å². The van der Waals surface area contributed by atoms with E-state index in [2.05, 4.69) is 0 Å². The maximum Gasteiger partial charge on any atom is 0.416 e. The molecule has 2 amide bonds. The van der Waals surface area contributed by atoms with Gasteiger partial charge in [-0.05, 0) is 36.4 Å². The van der Waals surface area contributed by atoms with Crippen molar-refractivity contribution in [3.8, 4) is 22.8 Å². The molecule has 2 heterocycles. The van der Waals surface area contributed by atoms with E-state index in [0.29, 0.717) is 30.2 Å². The molecule has 0 unspecified atom stereocenters. The van der Waals surface area contributed by atoms with Gasteiger partial charge >= 0.3 is 6.18 Å². The summed E-state index contributed by atoms with van der Waals surface area (Å²) in [6.45, 7) is 1.17. The Labute approximate surface area is 199 Å². The summed E-state index contributed by atoms with van der Waals surface area (Å²) < 4.78 is 55.1. The molecule has 7 nitrogen and oxygen atoms in total. The van der Waals surface area contributed by atoms with Crippen molar-refractivity contribution < 1.29 is 36.7 Å². The maximum atomic E-state index is 13.0. The smallest absolute Gasteiger partial charge is 0.416 e. The molecule has 10 heteroatoms. The van der Waals surface area contributed by atoms with E-state index in [-0.39, 0.29) is 36.1 Å². The van der Waals surface area contributed by atoms with Crippen molar-refractivity contribution in [2.24, 2.45) is 0 Å². The second-order valence-corrected chi connectivity index (χ2v) is 7.89. The van der Waals surface area contributed by atoms with Crippen LogP contribution in [0, 0.1) is 0 Å². The Morgan fingerprint density at radius 2 is 1.54 bits per heavy atom. The Hall–Kier alpha value is -3.95. The van der Waals surface area contributed by atoms with Crippen LogP contribution in [-0.4, -0.2) is 62.0 Å². The summed E-state index contributed by atoms with van der Waals surface area (Å²) in [5.41, 5.74) is -0.180. The molecule has 1 aliphatic heterocycles. The number of ether oxygens (including phenoxy) is 2. The lowest BCUT2D eigenvalue weighted by Gasteiger charge is -2.34. The van der Waals surface area contributed by atoms with Gasteiger partial charge in [0.05, 0.1) is 25.3 Å². The summed E-state index contributed by atoms with van der Waals surface area (Å²) in [6.07, 6.45) is -4.48. The molecule has 2 aromatic carbocycles. The van der Waals surface area contributed by atoms with E-state index in [1.165, 1.54) is 38.5 Å². The molecule has 35 heavy (non-hydrogen) atoms. The van der Waals surface area contributed by atoms with Crippen LogP contribution in [0.5, 0.6) is 11.5 Å². The van der Waals surface area contributed by atoms with Gasteiger partial charge in [-0.1, -0.05) is 12.1 Å². The van der Waals surface area contributed by atoms with Gasteiger partial charge in [0.15, 0.2) is 5.76 Å². The van der Waals surface area contributed by atoms with Crippen molar-refractivity contribution in [1.82, 2.24) is 9.80 Å². The van der Waals surface area contributed by atoms with Crippen molar-refractivity contribution in [3.63, 3.8) is 0 Å². The van der Waals surface area contributed by atoms with E-state index in [0.717, 1.165) is 12.1 Å². The highest BCUT2D eigenvalue weighted by Gasteiger charge is 2.31. The molecule has 1 aromatic heterocycles. The number of furan rings is 1. The third-order valence-corrected chi connectivity index (χ3v) is 5.78. The first kappa shape index (κ1) is 24.2. The van der Waals surface area contributed by atoms with E-state index in [1.54, 1.807) is 28.0 Å². The predicted molar refractivity (Wildman–Crippen MR) is 120 cm³/mol. The van der Waals surface area contributed by atoms with Crippen LogP contribution < -0.4 is 9.47 Å². The standard InChI is InChI=1S/C25H23F3N2O5/c1-33-18-6-7-19(22(15-18)34-2)23(31)29-10-12-30(13-11-29)24(32)21-9-8-20(35-21)16-4-3-5-17(14-16)25(26,27)28/h3-9,14-15H,10-13H2,1-2H3.